The SMILES string of the molecule is CC=C(CCCCC)C(=O)OCC. The van der Waals surface area contributed by atoms with Crippen LogP contribution in [-0.2, 0) is 9.53 Å². The van der Waals surface area contributed by atoms with Gasteiger partial charge >= 0.3 is 5.97 Å². The number of unbranched alkanes of at least 4 members (excludes halogenated alkanes) is 2. The third kappa shape index (κ3) is 5.45. The molecule has 0 radical (unpaired) electrons. The maximum atomic E-state index is 11.3. The molecule has 13 heavy (non-hydrogen) atoms. The minimum Gasteiger partial charge on any atom is -0.463 e. The van der Waals surface area contributed by atoms with Crippen LogP contribution in [0.3, 0.4) is 0 Å². The Balaban J connectivity index is 3.83. The maximum absolute atomic E-state index is 11.3. The third-order valence-corrected chi connectivity index (χ3v) is 1.94. The van der Waals surface area contributed by atoms with E-state index in [0.717, 1.165) is 18.4 Å². The van der Waals surface area contributed by atoms with E-state index in [0.29, 0.717) is 6.61 Å². The lowest BCUT2D eigenvalue weighted by Gasteiger charge is -2.05. The highest BCUT2D eigenvalue weighted by atomic mass is 16.5. The molecule has 0 aromatic heterocycles. The molecule has 0 saturated heterocycles. The van der Waals surface area contributed by atoms with Gasteiger partial charge in [-0.2, -0.15) is 0 Å². The van der Waals surface area contributed by atoms with Crippen LogP contribution in [0, 0.1) is 0 Å². The van der Waals surface area contributed by atoms with Gasteiger partial charge in [0.25, 0.3) is 0 Å². The van der Waals surface area contributed by atoms with Crippen LogP contribution < -0.4 is 0 Å². The molecule has 0 saturated carbocycles. The van der Waals surface area contributed by atoms with Crippen LogP contribution in [0.1, 0.15) is 46.5 Å². The van der Waals surface area contributed by atoms with Gasteiger partial charge in [-0.1, -0.05) is 25.8 Å². The van der Waals surface area contributed by atoms with Crippen molar-refractivity contribution >= 4 is 5.97 Å². The second-order valence-electron chi connectivity index (χ2n) is 2.99. The molecule has 0 spiro atoms. The van der Waals surface area contributed by atoms with Crippen LogP contribution in [0.25, 0.3) is 0 Å². The number of hydrogen-bond acceptors (Lipinski definition) is 2. The summed E-state index contributed by atoms with van der Waals surface area (Å²) in [7, 11) is 0. The highest BCUT2D eigenvalue weighted by molar-refractivity contribution is 5.88. The Morgan fingerprint density at radius 1 is 1.31 bits per heavy atom. The summed E-state index contributed by atoms with van der Waals surface area (Å²) in [6.07, 6.45) is 6.14. The van der Waals surface area contributed by atoms with Crippen LogP contribution in [0.2, 0.25) is 0 Å². The number of allylic oxidation sites excluding steroid dienone is 1. The first kappa shape index (κ1) is 12.2. The van der Waals surface area contributed by atoms with E-state index in [1.807, 2.05) is 19.9 Å². The first-order valence-corrected chi connectivity index (χ1v) is 5.08. The first-order chi connectivity index (χ1) is 6.26. The molecule has 76 valence electrons. The van der Waals surface area contributed by atoms with Gasteiger partial charge in [-0.05, 0) is 26.7 Å². The number of esters is 1. The molecular weight excluding hydrogens is 164 g/mol. The Kier molecular flexibility index (Phi) is 7.36. The Bertz CT molecular complexity index is 171. The standard InChI is InChI=1S/C11H20O2/c1-4-7-8-9-10(5-2)11(12)13-6-3/h5H,4,6-9H2,1-3H3. The van der Waals surface area contributed by atoms with Crippen molar-refractivity contribution in [3.8, 4) is 0 Å². The topological polar surface area (TPSA) is 26.3 Å². The average molecular weight is 184 g/mol. The second kappa shape index (κ2) is 7.84. The first-order valence-electron chi connectivity index (χ1n) is 5.08. The minimum absolute atomic E-state index is 0.152. The van der Waals surface area contributed by atoms with Crippen LogP contribution in [0.5, 0.6) is 0 Å². The zero-order valence-electron chi connectivity index (χ0n) is 8.93. The smallest absolute Gasteiger partial charge is 0.333 e. The summed E-state index contributed by atoms with van der Waals surface area (Å²) in [6, 6.07) is 0. The molecule has 2 nitrogen and oxygen atoms in total. The quantitative estimate of drug-likeness (QED) is 0.360. The van der Waals surface area contributed by atoms with Crippen LogP contribution in [0.15, 0.2) is 11.6 Å². The fourth-order valence-corrected chi connectivity index (χ4v) is 1.15. The summed E-state index contributed by atoms with van der Waals surface area (Å²) < 4.78 is 4.92. The summed E-state index contributed by atoms with van der Waals surface area (Å²) >= 11 is 0. The molecule has 0 atom stereocenters. The van der Waals surface area contributed by atoms with Gasteiger partial charge in [-0.3, -0.25) is 0 Å². The van der Waals surface area contributed by atoms with Crippen LogP contribution in [-0.4, -0.2) is 12.6 Å². The predicted octanol–water partition coefficient (Wildman–Crippen LogP) is 3.08. The van der Waals surface area contributed by atoms with Crippen molar-refractivity contribution in [3.63, 3.8) is 0 Å². The Morgan fingerprint density at radius 3 is 2.46 bits per heavy atom. The molecule has 0 heterocycles. The molecule has 0 aromatic rings. The summed E-state index contributed by atoms with van der Waals surface area (Å²) in [5.74, 6) is -0.152. The maximum Gasteiger partial charge on any atom is 0.333 e. The van der Waals surface area contributed by atoms with Gasteiger partial charge in [0, 0.05) is 5.57 Å². The van der Waals surface area contributed by atoms with E-state index in [4.69, 9.17) is 4.74 Å². The monoisotopic (exact) mass is 184 g/mol. The Labute approximate surface area is 81.0 Å². The van der Waals surface area contributed by atoms with Crippen molar-refractivity contribution in [2.24, 2.45) is 0 Å². The molecule has 0 aliphatic heterocycles. The number of rotatable bonds is 6. The van der Waals surface area contributed by atoms with E-state index in [-0.39, 0.29) is 5.97 Å². The largest absolute Gasteiger partial charge is 0.463 e. The number of carbonyl (C=O) groups is 1. The summed E-state index contributed by atoms with van der Waals surface area (Å²) in [6.45, 7) is 6.33. The summed E-state index contributed by atoms with van der Waals surface area (Å²) in [4.78, 5) is 11.3. The molecule has 0 aliphatic rings. The molecule has 0 aromatic carbocycles. The van der Waals surface area contributed by atoms with E-state index in [9.17, 15) is 4.79 Å². The number of hydrogen-bond donors (Lipinski definition) is 0. The molecule has 0 rings (SSSR count). The van der Waals surface area contributed by atoms with Crippen molar-refractivity contribution in [2.45, 2.75) is 46.5 Å². The Morgan fingerprint density at radius 2 is 2.00 bits per heavy atom. The van der Waals surface area contributed by atoms with Gasteiger partial charge in [-0.15, -0.1) is 0 Å². The lowest BCUT2D eigenvalue weighted by Crippen LogP contribution is -2.07. The number of carbonyl (C=O) groups excluding carboxylic acids is 1. The fraction of sp³-hybridized carbons (Fsp3) is 0.727. The lowest BCUT2D eigenvalue weighted by molar-refractivity contribution is -0.138. The molecule has 0 amide bonds. The molecule has 0 unspecified atom stereocenters. The molecular formula is C11H20O2. The van der Waals surface area contributed by atoms with Crippen molar-refractivity contribution < 1.29 is 9.53 Å². The summed E-state index contributed by atoms with van der Waals surface area (Å²) in [5, 5.41) is 0. The fourth-order valence-electron chi connectivity index (χ4n) is 1.15. The van der Waals surface area contributed by atoms with Crippen molar-refractivity contribution in [1.82, 2.24) is 0 Å². The molecule has 0 aliphatic carbocycles. The van der Waals surface area contributed by atoms with Crippen LogP contribution >= 0.6 is 0 Å². The third-order valence-electron chi connectivity index (χ3n) is 1.94. The van der Waals surface area contributed by atoms with E-state index >= 15 is 0 Å². The van der Waals surface area contributed by atoms with Crippen molar-refractivity contribution in [1.29, 1.82) is 0 Å². The summed E-state index contributed by atoms with van der Waals surface area (Å²) in [5.41, 5.74) is 0.815. The normalized spacial score (nSPS) is 11.5. The van der Waals surface area contributed by atoms with Crippen molar-refractivity contribution in [3.05, 3.63) is 11.6 Å². The second-order valence-corrected chi connectivity index (χ2v) is 2.99. The molecule has 0 fully saturated rings. The van der Waals surface area contributed by atoms with E-state index in [2.05, 4.69) is 6.92 Å². The van der Waals surface area contributed by atoms with Gasteiger partial charge in [0.15, 0.2) is 0 Å². The molecule has 2 heteroatoms. The minimum atomic E-state index is -0.152. The molecule has 0 bridgehead atoms. The van der Waals surface area contributed by atoms with Gasteiger partial charge in [0.05, 0.1) is 6.61 Å². The van der Waals surface area contributed by atoms with E-state index in [1.54, 1.807) is 0 Å². The van der Waals surface area contributed by atoms with Gasteiger partial charge in [0.2, 0.25) is 0 Å². The van der Waals surface area contributed by atoms with Gasteiger partial charge in [0.1, 0.15) is 0 Å². The Hall–Kier alpha value is -0.790. The van der Waals surface area contributed by atoms with Gasteiger partial charge < -0.3 is 4.74 Å². The predicted molar refractivity (Wildman–Crippen MR) is 54.5 cm³/mol. The zero-order chi connectivity index (χ0) is 10.1. The molecule has 0 N–H and O–H groups in total. The average Bonchev–Trinajstić information content (AvgIpc) is 2.13. The number of ether oxygens (including phenoxy) is 1. The van der Waals surface area contributed by atoms with Crippen LogP contribution in [0.4, 0.5) is 0 Å². The zero-order valence-corrected chi connectivity index (χ0v) is 8.93. The highest BCUT2D eigenvalue weighted by Gasteiger charge is 2.07. The lowest BCUT2D eigenvalue weighted by atomic mass is 10.1. The van der Waals surface area contributed by atoms with Crippen molar-refractivity contribution in [2.75, 3.05) is 6.61 Å². The van der Waals surface area contributed by atoms with E-state index < -0.39 is 0 Å². The van der Waals surface area contributed by atoms with E-state index in [1.165, 1.54) is 12.8 Å². The van der Waals surface area contributed by atoms with Gasteiger partial charge in [-0.25, -0.2) is 4.79 Å². The highest BCUT2D eigenvalue weighted by Crippen LogP contribution is 2.10.